The van der Waals surface area contributed by atoms with Crippen molar-refractivity contribution in [3.05, 3.63) is 107 Å². The van der Waals surface area contributed by atoms with Crippen LogP contribution in [0.25, 0.3) is 39.1 Å². The number of carbonyl (C=O) groups excluding carboxylic acids is 1. The second-order valence-corrected chi connectivity index (χ2v) is 8.93. The summed E-state index contributed by atoms with van der Waals surface area (Å²) in [5.74, 6) is -1.01. The van der Waals surface area contributed by atoms with Crippen LogP contribution < -0.4 is 0 Å². The molecule has 0 fully saturated rings. The van der Waals surface area contributed by atoms with Crippen LogP contribution in [0.5, 0.6) is 0 Å². The van der Waals surface area contributed by atoms with Crippen LogP contribution in [0.2, 0.25) is 5.02 Å². The first-order valence-corrected chi connectivity index (χ1v) is 12.0. The van der Waals surface area contributed by atoms with Crippen LogP contribution in [0, 0.1) is 11.3 Å². The van der Waals surface area contributed by atoms with Gasteiger partial charge in [0.15, 0.2) is 11.6 Å². The minimum atomic E-state index is -1.05. The van der Waals surface area contributed by atoms with E-state index in [9.17, 15) is 14.9 Å². The van der Waals surface area contributed by atoms with E-state index in [-0.39, 0.29) is 18.6 Å². The van der Waals surface area contributed by atoms with E-state index in [2.05, 4.69) is 6.07 Å². The van der Waals surface area contributed by atoms with E-state index in [1.165, 1.54) is 0 Å². The van der Waals surface area contributed by atoms with E-state index in [4.69, 9.17) is 21.7 Å². The largest absolute Gasteiger partial charge is 0.481 e. The van der Waals surface area contributed by atoms with Gasteiger partial charge in [-0.2, -0.15) is 5.26 Å². The number of nitrogens with zero attached hydrogens (tertiary/aromatic N) is 3. The quantitative estimate of drug-likeness (QED) is 0.242. The van der Waals surface area contributed by atoms with E-state index in [1.54, 1.807) is 29.0 Å². The SMILES string of the molecule is N#Cc1c(-c2ccccc2)cc(-c2ccccc2)nc1-n1cc(C(=O)CCC(=O)O)c2cc(Cl)ccc21. The second kappa shape index (κ2) is 10.1. The number of nitriles is 1. The minimum absolute atomic E-state index is 0.154. The van der Waals surface area contributed by atoms with E-state index in [1.807, 2.05) is 66.7 Å². The van der Waals surface area contributed by atoms with Gasteiger partial charge in [-0.05, 0) is 29.8 Å². The predicted octanol–water partition coefficient (Wildman–Crippen LogP) is 6.93. The van der Waals surface area contributed by atoms with Crippen molar-refractivity contribution in [1.29, 1.82) is 5.26 Å². The first kappa shape index (κ1) is 24.0. The molecule has 180 valence electrons. The Kier molecular flexibility index (Phi) is 6.55. The molecule has 0 aliphatic heterocycles. The van der Waals surface area contributed by atoms with Crippen LogP contribution in [-0.2, 0) is 4.79 Å². The molecule has 0 aliphatic carbocycles. The zero-order valence-electron chi connectivity index (χ0n) is 19.6. The lowest BCUT2D eigenvalue weighted by Crippen LogP contribution is -2.05. The topological polar surface area (TPSA) is 96.0 Å². The number of fused-ring (bicyclic) bond motifs is 1. The summed E-state index contributed by atoms with van der Waals surface area (Å²) in [6.45, 7) is 0. The van der Waals surface area contributed by atoms with Gasteiger partial charge in [0.05, 0.1) is 17.6 Å². The number of carboxylic acids is 1. The van der Waals surface area contributed by atoms with Gasteiger partial charge in [0, 0.05) is 39.7 Å². The summed E-state index contributed by atoms with van der Waals surface area (Å²) in [5.41, 5.74) is 4.43. The molecule has 37 heavy (non-hydrogen) atoms. The van der Waals surface area contributed by atoms with E-state index in [0.29, 0.717) is 44.1 Å². The molecule has 2 aromatic heterocycles. The molecular formula is C30H20ClN3O3. The average Bonchev–Trinajstić information content (AvgIpc) is 3.30. The summed E-state index contributed by atoms with van der Waals surface area (Å²) in [4.78, 5) is 29.0. The molecule has 5 aromatic rings. The molecule has 0 spiro atoms. The van der Waals surface area contributed by atoms with Crippen LogP contribution in [-0.4, -0.2) is 26.4 Å². The number of rotatable bonds is 7. The van der Waals surface area contributed by atoms with Crippen molar-refractivity contribution in [2.75, 3.05) is 0 Å². The molecule has 1 N–H and O–H groups in total. The normalized spacial score (nSPS) is 10.8. The summed E-state index contributed by atoms with van der Waals surface area (Å²) < 4.78 is 1.72. The molecule has 2 heterocycles. The molecule has 0 atom stereocenters. The number of aliphatic carboxylic acids is 1. The Hall–Kier alpha value is -4.73. The molecule has 0 aliphatic rings. The third kappa shape index (κ3) is 4.73. The molecule has 5 rings (SSSR count). The van der Waals surface area contributed by atoms with Crippen LogP contribution in [0.1, 0.15) is 28.8 Å². The van der Waals surface area contributed by atoms with Gasteiger partial charge in [0.25, 0.3) is 0 Å². The molecule has 0 unspecified atom stereocenters. The summed E-state index contributed by atoms with van der Waals surface area (Å²) in [6.07, 6.45) is 1.19. The third-order valence-corrected chi connectivity index (χ3v) is 6.36. The van der Waals surface area contributed by atoms with Crippen LogP contribution in [0.4, 0.5) is 0 Å². The number of hydrogen-bond donors (Lipinski definition) is 1. The zero-order valence-corrected chi connectivity index (χ0v) is 20.3. The highest BCUT2D eigenvalue weighted by Crippen LogP contribution is 2.35. The van der Waals surface area contributed by atoms with Gasteiger partial charge in [0.1, 0.15) is 11.6 Å². The van der Waals surface area contributed by atoms with Gasteiger partial charge in [0.2, 0.25) is 0 Å². The Morgan fingerprint density at radius 1 is 0.919 bits per heavy atom. The highest BCUT2D eigenvalue weighted by molar-refractivity contribution is 6.31. The Morgan fingerprint density at radius 2 is 1.59 bits per heavy atom. The first-order valence-electron chi connectivity index (χ1n) is 11.6. The molecule has 3 aromatic carbocycles. The van der Waals surface area contributed by atoms with Gasteiger partial charge >= 0.3 is 5.97 Å². The average molecular weight is 506 g/mol. The Labute approximate surface area is 218 Å². The first-order chi connectivity index (χ1) is 18.0. The van der Waals surface area contributed by atoms with Crippen molar-refractivity contribution in [1.82, 2.24) is 9.55 Å². The van der Waals surface area contributed by atoms with E-state index < -0.39 is 5.97 Å². The summed E-state index contributed by atoms with van der Waals surface area (Å²) >= 11 is 6.26. The molecule has 0 bridgehead atoms. The fourth-order valence-electron chi connectivity index (χ4n) is 4.37. The lowest BCUT2D eigenvalue weighted by molar-refractivity contribution is -0.136. The van der Waals surface area contributed by atoms with Crippen LogP contribution in [0.3, 0.4) is 0 Å². The fourth-order valence-corrected chi connectivity index (χ4v) is 4.55. The Bertz CT molecular complexity index is 1690. The van der Waals surface area contributed by atoms with Gasteiger partial charge in [-0.25, -0.2) is 4.98 Å². The fraction of sp³-hybridized carbons (Fsp3) is 0.0667. The van der Waals surface area contributed by atoms with Crippen molar-refractivity contribution in [2.45, 2.75) is 12.8 Å². The maximum atomic E-state index is 13.0. The monoisotopic (exact) mass is 505 g/mol. The Balaban J connectivity index is 1.80. The number of pyridine rings is 1. The highest BCUT2D eigenvalue weighted by Gasteiger charge is 2.22. The molecule has 7 heteroatoms. The Morgan fingerprint density at radius 3 is 2.24 bits per heavy atom. The number of Topliss-reactive ketones (excluding diaryl/α,β-unsaturated/α-hetero) is 1. The maximum absolute atomic E-state index is 13.0. The number of halogens is 1. The van der Waals surface area contributed by atoms with Crippen molar-refractivity contribution >= 4 is 34.3 Å². The van der Waals surface area contributed by atoms with Crippen molar-refractivity contribution in [3.63, 3.8) is 0 Å². The number of benzene rings is 3. The highest BCUT2D eigenvalue weighted by atomic mass is 35.5. The smallest absolute Gasteiger partial charge is 0.303 e. The van der Waals surface area contributed by atoms with E-state index in [0.717, 1.165) is 11.1 Å². The number of aromatic nitrogens is 2. The molecule has 0 radical (unpaired) electrons. The lowest BCUT2D eigenvalue weighted by atomic mass is 9.98. The molecule has 0 saturated heterocycles. The van der Waals surface area contributed by atoms with Gasteiger partial charge in [-0.1, -0.05) is 72.3 Å². The van der Waals surface area contributed by atoms with Crippen molar-refractivity contribution < 1.29 is 14.7 Å². The predicted molar refractivity (Wildman–Crippen MR) is 143 cm³/mol. The number of hydrogen-bond acceptors (Lipinski definition) is 4. The summed E-state index contributed by atoms with van der Waals surface area (Å²) in [7, 11) is 0. The maximum Gasteiger partial charge on any atom is 0.303 e. The molecule has 6 nitrogen and oxygen atoms in total. The molecule has 0 saturated carbocycles. The molecular weight excluding hydrogens is 486 g/mol. The third-order valence-electron chi connectivity index (χ3n) is 6.13. The number of carboxylic acid groups (broad SMARTS) is 1. The number of carbonyl (C=O) groups is 2. The van der Waals surface area contributed by atoms with Crippen LogP contribution in [0.15, 0.2) is 91.1 Å². The van der Waals surface area contributed by atoms with Crippen molar-refractivity contribution in [2.24, 2.45) is 0 Å². The van der Waals surface area contributed by atoms with Crippen LogP contribution >= 0.6 is 11.6 Å². The summed E-state index contributed by atoms with van der Waals surface area (Å²) in [5, 5.41) is 20.4. The standard InChI is InChI=1S/C30H20ClN3O3/c31-21-11-12-27-23(15-21)25(28(35)13-14-29(36)37)18-34(27)30-24(17-32)22(19-7-3-1-4-8-19)16-26(33-30)20-9-5-2-6-10-20/h1-12,15-16,18H,13-14H2,(H,36,37). The van der Waals surface area contributed by atoms with E-state index >= 15 is 0 Å². The molecule has 0 amide bonds. The lowest BCUT2D eigenvalue weighted by Gasteiger charge is -2.14. The minimum Gasteiger partial charge on any atom is -0.481 e. The van der Waals surface area contributed by atoms with Gasteiger partial charge in [-0.3, -0.25) is 14.2 Å². The van der Waals surface area contributed by atoms with Gasteiger partial charge in [-0.15, -0.1) is 0 Å². The number of ketones is 1. The second-order valence-electron chi connectivity index (χ2n) is 8.49. The summed E-state index contributed by atoms with van der Waals surface area (Å²) in [6, 6.07) is 28.6. The van der Waals surface area contributed by atoms with Crippen molar-refractivity contribution in [3.8, 4) is 34.3 Å². The zero-order chi connectivity index (χ0) is 25.9. The van der Waals surface area contributed by atoms with Gasteiger partial charge < -0.3 is 5.11 Å².